The van der Waals surface area contributed by atoms with Gasteiger partial charge in [0.15, 0.2) is 5.17 Å². The normalized spacial score (nSPS) is 31.0. The van der Waals surface area contributed by atoms with Gasteiger partial charge in [0, 0.05) is 20.0 Å². The molecule has 0 aliphatic carbocycles. The maximum Gasteiger partial charge on any atom is 0.416 e. The van der Waals surface area contributed by atoms with Gasteiger partial charge in [-0.1, -0.05) is 11.8 Å². The van der Waals surface area contributed by atoms with Crippen LogP contribution in [0.2, 0.25) is 0 Å². The van der Waals surface area contributed by atoms with Crippen LogP contribution in [0, 0.1) is 0 Å². The van der Waals surface area contributed by atoms with Gasteiger partial charge in [-0.25, -0.2) is 4.79 Å². The fraction of sp³-hybridized carbons (Fsp3) is 0.812. The summed E-state index contributed by atoms with van der Waals surface area (Å²) < 4.78 is 11.2. The largest absolute Gasteiger partial charge is 0.443 e. The summed E-state index contributed by atoms with van der Waals surface area (Å²) in [6, 6.07) is -0.699. The lowest BCUT2D eigenvalue weighted by molar-refractivity contribution is -0.152. The summed E-state index contributed by atoms with van der Waals surface area (Å²) in [5, 5.41) is 23.6. The van der Waals surface area contributed by atoms with Crippen molar-refractivity contribution in [3.8, 4) is 0 Å². The van der Waals surface area contributed by atoms with Gasteiger partial charge in [-0.2, -0.15) is 0 Å². The zero-order valence-corrected chi connectivity index (χ0v) is 16.4. The molecule has 0 radical (unpaired) electrons. The van der Waals surface area contributed by atoms with Crippen LogP contribution in [0.15, 0.2) is 4.99 Å². The molecular formula is C16H27N3O6S. The Morgan fingerprint density at radius 1 is 1.35 bits per heavy atom. The predicted octanol–water partition coefficient (Wildman–Crippen LogP) is 0.298. The van der Waals surface area contributed by atoms with Crippen molar-refractivity contribution in [3.63, 3.8) is 0 Å². The van der Waals surface area contributed by atoms with Gasteiger partial charge in [0.25, 0.3) is 0 Å². The number of aliphatic hydroxyl groups is 2. The van der Waals surface area contributed by atoms with Gasteiger partial charge in [-0.05, 0) is 27.7 Å². The van der Waals surface area contributed by atoms with Crippen LogP contribution < -0.4 is 5.32 Å². The molecule has 5 atom stereocenters. The highest BCUT2D eigenvalue weighted by atomic mass is 32.2. The number of amidine groups is 1. The summed E-state index contributed by atoms with van der Waals surface area (Å²) in [7, 11) is 0. The molecule has 2 heterocycles. The third kappa shape index (κ3) is 4.87. The fourth-order valence-electron chi connectivity index (χ4n) is 2.62. The molecule has 2 amide bonds. The highest BCUT2D eigenvalue weighted by Gasteiger charge is 2.49. The van der Waals surface area contributed by atoms with Gasteiger partial charge in [0.05, 0.1) is 0 Å². The Balaban J connectivity index is 2.09. The quantitative estimate of drug-likeness (QED) is 0.635. The number of nitrogens with one attached hydrogen (secondary N) is 1. The molecule has 0 aromatic rings. The minimum absolute atomic E-state index is 0.0796. The van der Waals surface area contributed by atoms with Crippen LogP contribution in [0.1, 0.15) is 34.6 Å². The summed E-state index contributed by atoms with van der Waals surface area (Å²) in [4.78, 5) is 29.2. The van der Waals surface area contributed by atoms with Crippen molar-refractivity contribution in [2.45, 2.75) is 70.0 Å². The number of aliphatic hydroxyl groups excluding tert-OH is 2. The molecule has 0 aromatic carbocycles. The molecular weight excluding hydrogens is 362 g/mol. The van der Waals surface area contributed by atoms with Gasteiger partial charge in [-0.3, -0.25) is 14.7 Å². The van der Waals surface area contributed by atoms with Crippen molar-refractivity contribution in [2.24, 2.45) is 4.99 Å². The van der Waals surface area contributed by atoms with Crippen molar-refractivity contribution in [1.82, 2.24) is 10.2 Å². The molecule has 1 saturated heterocycles. The van der Waals surface area contributed by atoms with E-state index in [4.69, 9.17) is 9.47 Å². The number of carbonyl (C=O) groups excluding carboxylic acids is 2. The number of rotatable bonds is 3. The zero-order valence-electron chi connectivity index (χ0n) is 15.6. The molecule has 10 heteroatoms. The van der Waals surface area contributed by atoms with Crippen LogP contribution >= 0.6 is 11.8 Å². The monoisotopic (exact) mass is 389 g/mol. The second-order valence-electron chi connectivity index (χ2n) is 7.21. The Bertz CT molecular complexity index is 579. The summed E-state index contributed by atoms with van der Waals surface area (Å²) in [6.45, 7) is 8.90. The number of ether oxygens (including phenoxy) is 2. The van der Waals surface area contributed by atoms with Crippen molar-refractivity contribution in [2.75, 3.05) is 13.1 Å². The molecule has 2 aliphatic rings. The van der Waals surface area contributed by atoms with E-state index in [9.17, 15) is 19.8 Å². The molecule has 26 heavy (non-hydrogen) atoms. The third-order valence-corrected chi connectivity index (χ3v) is 5.02. The van der Waals surface area contributed by atoms with E-state index in [0.717, 1.165) is 0 Å². The van der Waals surface area contributed by atoms with Gasteiger partial charge in [-0.15, -0.1) is 0 Å². The first-order chi connectivity index (χ1) is 12.0. The van der Waals surface area contributed by atoms with Gasteiger partial charge >= 0.3 is 6.09 Å². The van der Waals surface area contributed by atoms with Crippen molar-refractivity contribution < 1.29 is 29.3 Å². The van der Waals surface area contributed by atoms with Crippen molar-refractivity contribution in [3.05, 3.63) is 0 Å². The minimum atomic E-state index is -1.19. The van der Waals surface area contributed by atoms with E-state index in [1.165, 1.54) is 23.6 Å². The standard InChI is InChI=1S/C16H27N3O6S/c1-6-19(15(23)25-16(3,4)5)14-18-10-12(22)11(21)9(7-17-8(2)20)24-13(10)26-14/h9-13,21-22H,6-7H2,1-5H3,(H,17,20)/t9-,10-,11-,12-,13-/m1/s1. The van der Waals surface area contributed by atoms with Crippen LogP contribution in [0.25, 0.3) is 0 Å². The first-order valence-corrected chi connectivity index (χ1v) is 9.42. The second-order valence-corrected chi connectivity index (χ2v) is 8.27. The van der Waals surface area contributed by atoms with Crippen LogP contribution in [0.4, 0.5) is 4.79 Å². The average molecular weight is 389 g/mol. The number of hydrogen-bond acceptors (Lipinski definition) is 8. The molecule has 0 bridgehead atoms. The topological polar surface area (TPSA) is 121 Å². The summed E-state index contributed by atoms with van der Waals surface area (Å²) in [6.07, 6.45) is -3.64. The molecule has 3 N–H and O–H groups in total. The van der Waals surface area contributed by atoms with Gasteiger partial charge in [0.2, 0.25) is 5.91 Å². The lowest BCUT2D eigenvalue weighted by atomic mass is 9.98. The third-order valence-electron chi connectivity index (χ3n) is 3.86. The second kappa shape index (κ2) is 8.12. The highest BCUT2D eigenvalue weighted by molar-refractivity contribution is 8.14. The number of hydrogen-bond donors (Lipinski definition) is 3. The van der Waals surface area contributed by atoms with E-state index < -0.39 is 41.5 Å². The lowest BCUT2D eigenvalue weighted by Gasteiger charge is -2.38. The molecule has 1 fully saturated rings. The molecule has 2 aliphatic heterocycles. The minimum Gasteiger partial charge on any atom is -0.443 e. The van der Waals surface area contributed by atoms with Crippen molar-refractivity contribution in [1.29, 1.82) is 0 Å². The number of aliphatic imine (C=N–C) groups is 1. The Morgan fingerprint density at radius 3 is 2.54 bits per heavy atom. The maximum atomic E-state index is 12.4. The van der Waals surface area contributed by atoms with E-state index in [2.05, 4.69) is 10.3 Å². The summed E-state index contributed by atoms with van der Waals surface area (Å²) in [5.74, 6) is -0.254. The first kappa shape index (κ1) is 20.9. The summed E-state index contributed by atoms with van der Waals surface area (Å²) in [5.41, 5.74) is -1.20. The SMILES string of the molecule is CCN(C(=O)OC(C)(C)C)C1=N[C@@H]2[C@@H](O)[C@H](O)[C@@H](CNC(C)=O)O[C@@H]2S1. The van der Waals surface area contributed by atoms with E-state index >= 15 is 0 Å². The lowest BCUT2D eigenvalue weighted by Crippen LogP contribution is -2.57. The first-order valence-electron chi connectivity index (χ1n) is 8.54. The molecule has 0 saturated carbocycles. The van der Waals surface area contributed by atoms with Gasteiger partial charge < -0.3 is 25.0 Å². The number of amides is 2. The average Bonchev–Trinajstić information content (AvgIpc) is 2.92. The van der Waals surface area contributed by atoms with E-state index in [1.807, 2.05) is 0 Å². The van der Waals surface area contributed by atoms with Gasteiger partial charge in [0.1, 0.15) is 35.4 Å². The molecule has 2 rings (SSSR count). The molecule has 0 aromatic heterocycles. The highest BCUT2D eigenvalue weighted by Crippen LogP contribution is 2.37. The zero-order chi connectivity index (χ0) is 19.6. The summed E-state index contributed by atoms with van der Waals surface area (Å²) >= 11 is 1.19. The number of carbonyl (C=O) groups is 2. The number of nitrogens with zero attached hydrogens (tertiary/aromatic N) is 2. The van der Waals surface area contributed by atoms with Crippen molar-refractivity contribution >= 4 is 28.9 Å². The molecule has 0 spiro atoms. The Kier molecular flexibility index (Phi) is 6.54. The van der Waals surface area contributed by atoms with Crippen LogP contribution in [0.3, 0.4) is 0 Å². The molecule has 148 valence electrons. The van der Waals surface area contributed by atoms with E-state index in [-0.39, 0.29) is 12.5 Å². The Labute approximate surface area is 157 Å². The van der Waals surface area contributed by atoms with Crippen LogP contribution in [-0.4, -0.2) is 80.8 Å². The van der Waals surface area contributed by atoms with E-state index in [0.29, 0.717) is 11.7 Å². The molecule has 0 unspecified atom stereocenters. The smallest absolute Gasteiger partial charge is 0.416 e. The van der Waals surface area contributed by atoms with Crippen LogP contribution in [0.5, 0.6) is 0 Å². The fourth-order valence-corrected chi connectivity index (χ4v) is 3.90. The van der Waals surface area contributed by atoms with E-state index in [1.54, 1.807) is 27.7 Å². The Morgan fingerprint density at radius 2 is 2.00 bits per heavy atom. The van der Waals surface area contributed by atoms with Crippen LogP contribution in [-0.2, 0) is 14.3 Å². The number of fused-ring (bicyclic) bond motifs is 1. The Hall–Kier alpha value is -1.36. The predicted molar refractivity (Wildman–Crippen MR) is 96.8 cm³/mol. The number of thioether (sulfide) groups is 1. The molecule has 9 nitrogen and oxygen atoms in total. The maximum absolute atomic E-state index is 12.4.